The average Bonchev–Trinajstić information content (AvgIpc) is 3.36. The number of aliphatic hydroxyl groups is 2. The fourth-order valence-electron chi connectivity index (χ4n) is 4.55. The summed E-state index contributed by atoms with van der Waals surface area (Å²) in [4.78, 5) is 39.0. The Morgan fingerprint density at radius 3 is 2.42 bits per heavy atom. The summed E-state index contributed by atoms with van der Waals surface area (Å²) in [5.41, 5.74) is 6.49. The Bertz CT molecular complexity index is 1130. The van der Waals surface area contributed by atoms with Crippen molar-refractivity contribution in [3.05, 3.63) is 35.8 Å². The molecule has 2 aliphatic heterocycles. The van der Waals surface area contributed by atoms with Gasteiger partial charge in [-0.3, -0.25) is 9.78 Å². The summed E-state index contributed by atoms with van der Waals surface area (Å²) >= 11 is 0. The van der Waals surface area contributed by atoms with Crippen LogP contribution < -0.4 is 11.1 Å². The second-order valence-corrected chi connectivity index (χ2v) is 9.47. The number of benzene rings is 1. The van der Waals surface area contributed by atoms with Crippen LogP contribution >= 0.6 is 0 Å². The lowest BCUT2D eigenvalue weighted by Crippen LogP contribution is -2.39. The SMILES string of the molecule is Nc1c(F)cc(C(=O)NCC2CCN(CC3CCOCC3)C2)c2ncccc12.O=C(O)C(O)C(O)C(=O)O. The van der Waals surface area contributed by atoms with Gasteiger partial charge in [0.2, 0.25) is 0 Å². The first kappa shape index (κ1) is 29.2. The van der Waals surface area contributed by atoms with E-state index < -0.39 is 30.0 Å². The molecule has 4 rings (SSSR count). The average molecular weight is 537 g/mol. The number of anilines is 1. The molecule has 3 unspecified atom stereocenters. The van der Waals surface area contributed by atoms with Crippen LogP contribution in [0.15, 0.2) is 24.4 Å². The van der Waals surface area contributed by atoms with Gasteiger partial charge in [-0.05, 0) is 55.8 Å². The van der Waals surface area contributed by atoms with Crippen molar-refractivity contribution in [1.82, 2.24) is 15.2 Å². The van der Waals surface area contributed by atoms with E-state index in [2.05, 4.69) is 15.2 Å². The molecule has 0 radical (unpaired) electrons. The molecule has 2 aliphatic rings. The third-order valence-corrected chi connectivity index (χ3v) is 6.71. The number of aliphatic carboxylic acids is 2. The number of carbonyl (C=O) groups excluding carboxylic acids is 1. The first-order valence-electron chi connectivity index (χ1n) is 12.3. The molecule has 2 fully saturated rings. The zero-order valence-corrected chi connectivity index (χ0v) is 20.8. The van der Waals surface area contributed by atoms with Gasteiger partial charge in [-0.15, -0.1) is 0 Å². The van der Waals surface area contributed by atoms with Crippen LogP contribution in [0.3, 0.4) is 0 Å². The molecule has 0 aliphatic carbocycles. The summed E-state index contributed by atoms with van der Waals surface area (Å²) in [6, 6.07) is 4.56. The summed E-state index contributed by atoms with van der Waals surface area (Å²) in [5, 5.41) is 36.0. The number of nitrogens with zero attached hydrogens (tertiary/aromatic N) is 2. The zero-order valence-electron chi connectivity index (χ0n) is 20.8. The van der Waals surface area contributed by atoms with E-state index in [1.807, 2.05) is 0 Å². The number of hydrogen-bond acceptors (Lipinski definition) is 9. The number of carboxylic acids is 2. The second-order valence-electron chi connectivity index (χ2n) is 9.47. The van der Waals surface area contributed by atoms with E-state index in [-0.39, 0.29) is 17.2 Å². The van der Waals surface area contributed by atoms with Gasteiger partial charge in [-0.25, -0.2) is 14.0 Å². The molecule has 0 spiro atoms. The number of aliphatic hydroxyl groups excluding tert-OH is 2. The van der Waals surface area contributed by atoms with E-state index in [0.717, 1.165) is 58.0 Å². The number of pyridine rings is 1. The van der Waals surface area contributed by atoms with Crippen LogP contribution in [0.1, 0.15) is 29.6 Å². The third-order valence-electron chi connectivity index (χ3n) is 6.71. The van der Waals surface area contributed by atoms with E-state index >= 15 is 0 Å². The van der Waals surface area contributed by atoms with Crippen molar-refractivity contribution in [3.8, 4) is 0 Å². The molecule has 1 amide bonds. The van der Waals surface area contributed by atoms with Crippen molar-refractivity contribution in [2.45, 2.75) is 31.5 Å². The lowest BCUT2D eigenvalue weighted by atomic mass is 10.00. The third kappa shape index (κ3) is 7.57. The molecule has 0 saturated carbocycles. The molecule has 208 valence electrons. The number of nitrogen functional groups attached to an aromatic ring is 1. The summed E-state index contributed by atoms with van der Waals surface area (Å²) in [5.74, 6) is -3.29. The van der Waals surface area contributed by atoms with E-state index in [0.29, 0.717) is 23.4 Å². The number of ether oxygens (including phenoxy) is 1. The molecular weight excluding hydrogens is 503 g/mol. The molecule has 3 atom stereocenters. The standard InChI is InChI=1S/C21H27FN4O2.C4H6O6/c22-18-10-17(20-16(19(18)23)2-1-6-24-20)21(27)25-11-15-3-7-26(13-15)12-14-4-8-28-9-5-14;5-1(3(7)8)2(6)4(9)10/h1-2,6,10,14-15H,3-5,7-9,11-13,23H2,(H,25,27);1-2,5-6H,(H,7,8)(H,9,10). The van der Waals surface area contributed by atoms with Crippen molar-refractivity contribution >= 4 is 34.4 Å². The number of nitrogens with one attached hydrogen (secondary N) is 1. The highest BCUT2D eigenvalue weighted by Gasteiger charge is 2.29. The van der Waals surface area contributed by atoms with Crippen LogP contribution in [0.2, 0.25) is 0 Å². The first-order chi connectivity index (χ1) is 18.1. The Morgan fingerprint density at radius 1 is 1.13 bits per heavy atom. The number of rotatable bonds is 8. The molecule has 38 heavy (non-hydrogen) atoms. The van der Waals surface area contributed by atoms with E-state index in [9.17, 15) is 18.8 Å². The lowest BCUT2D eigenvalue weighted by Gasteiger charge is -2.27. The normalized spacial score (nSPS) is 19.8. The van der Waals surface area contributed by atoms with Crippen LogP contribution in [-0.4, -0.2) is 99.8 Å². The van der Waals surface area contributed by atoms with Crippen molar-refractivity contribution < 1.29 is 43.9 Å². The highest BCUT2D eigenvalue weighted by molar-refractivity contribution is 6.08. The smallest absolute Gasteiger partial charge is 0.335 e. The molecule has 2 aromatic rings. The largest absolute Gasteiger partial charge is 0.479 e. The molecule has 7 N–H and O–H groups in total. The number of carboxylic acid groups (broad SMARTS) is 2. The fourth-order valence-corrected chi connectivity index (χ4v) is 4.55. The minimum atomic E-state index is -2.27. The number of likely N-dealkylation sites (tertiary alicyclic amines) is 1. The molecule has 3 heterocycles. The number of halogens is 1. The molecular formula is C25H33FN4O8. The van der Waals surface area contributed by atoms with Gasteiger partial charge in [-0.1, -0.05) is 0 Å². The first-order valence-corrected chi connectivity index (χ1v) is 12.3. The minimum Gasteiger partial charge on any atom is -0.479 e. The lowest BCUT2D eigenvalue weighted by molar-refractivity contribution is -0.165. The molecule has 0 bridgehead atoms. The van der Waals surface area contributed by atoms with Crippen LogP contribution in [0.25, 0.3) is 10.9 Å². The number of aromatic nitrogens is 1. The Kier molecular flexibility index (Phi) is 10.3. The molecule has 13 heteroatoms. The van der Waals surface area contributed by atoms with Crippen LogP contribution in [0.4, 0.5) is 10.1 Å². The Labute approximate surface area is 218 Å². The summed E-state index contributed by atoms with van der Waals surface area (Å²) in [6.45, 7) is 5.51. The van der Waals surface area contributed by atoms with Crippen molar-refractivity contribution in [3.63, 3.8) is 0 Å². The van der Waals surface area contributed by atoms with E-state index in [1.54, 1.807) is 18.3 Å². The molecule has 1 aromatic heterocycles. The van der Waals surface area contributed by atoms with Crippen molar-refractivity contribution in [2.75, 3.05) is 45.1 Å². The zero-order chi connectivity index (χ0) is 27.8. The Hall–Kier alpha value is -3.39. The molecule has 12 nitrogen and oxygen atoms in total. The Morgan fingerprint density at radius 2 is 1.79 bits per heavy atom. The molecule has 1 aromatic carbocycles. The van der Waals surface area contributed by atoms with Crippen molar-refractivity contribution in [1.29, 1.82) is 0 Å². The highest BCUT2D eigenvalue weighted by Crippen LogP contribution is 2.26. The molecule has 2 saturated heterocycles. The van der Waals surface area contributed by atoms with Crippen LogP contribution in [0.5, 0.6) is 0 Å². The maximum absolute atomic E-state index is 14.1. The predicted octanol–water partition coefficient (Wildman–Crippen LogP) is 0.312. The predicted molar refractivity (Wildman–Crippen MR) is 134 cm³/mol. The summed E-state index contributed by atoms with van der Waals surface area (Å²) in [7, 11) is 0. The number of nitrogens with two attached hydrogens (primary N) is 1. The highest BCUT2D eigenvalue weighted by atomic mass is 19.1. The Balaban J connectivity index is 0.000000342. The topological polar surface area (TPSA) is 196 Å². The number of fused-ring (bicyclic) bond motifs is 1. The minimum absolute atomic E-state index is 0.0270. The van der Waals surface area contributed by atoms with Gasteiger partial charge < -0.3 is 41.1 Å². The van der Waals surface area contributed by atoms with Gasteiger partial charge in [0, 0.05) is 44.4 Å². The number of amides is 1. The maximum Gasteiger partial charge on any atom is 0.335 e. The maximum atomic E-state index is 14.1. The number of carbonyl (C=O) groups is 3. The van der Waals surface area contributed by atoms with E-state index in [1.165, 1.54) is 6.07 Å². The van der Waals surface area contributed by atoms with E-state index in [4.69, 9.17) is 30.9 Å². The number of hydrogen-bond donors (Lipinski definition) is 6. The van der Waals surface area contributed by atoms with Crippen LogP contribution in [0, 0.1) is 17.7 Å². The van der Waals surface area contributed by atoms with Gasteiger partial charge in [0.25, 0.3) is 5.91 Å². The second kappa shape index (κ2) is 13.4. The fraction of sp³-hybridized carbons (Fsp3) is 0.520. The monoisotopic (exact) mass is 536 g/mol. The summed E-state index contributed by atoms with van der Waals surface area (Å²) < 4.78 is 19.6. The van der Waals surface area contributed by atoms with Gasteiger partial charge >= 0.3 is 11.9 Å². The van der Waals surface area contributed by atoms with Gasteiger partial charge in [0.15, 0.2) is 12.2 Å². The quantitative estimate of drug-likeness (QED) is 0.254. The van der Waals surface area contributed by atoms with Gasteiger partial charge in [0.05, 0.1) is 16.8 Å². The summed E-state index contributed by atoms with van der Waals surface area (Å²) in [6.07, 6.45) is 0.400. The van der Waals surface area contributed by atoms with Crippen molar-refractivity contribution in [2.24, 2.45) is 11.8 Å². The van der Waals surface area contributed by atoms with Gasteiger partial charge in [0.1, 0.15) is 5.82 Å². The van der Waals surface area contributed by atoms with Crippen LogP contribution in [-0.2, 0) is 14.3 Å². The van der Waals surface area contributed by atoms with Gasteiger partial charge in [-0.2, -0.15) is 0 Å².